The molecule has 2 N–H and O–H groups in total. The van der Waals surface area contributed by atoms with E-state index in [1.165, 1.54) is 4.90 Å². The van der Waals surface area contributed by atoms with Crippen LogP contribution in [0, 0.1) is 11.8 Å². The van der Waals surface area contributed by atoms with Crippen LogP contribution >= 0.6 is 0 Å². The summed E-state index contributed by atoms with van der Waals surface area (Å²) in [5, 5.41) is 12.4. The summed E-state index contributed by atoms with van der Waals surface area (Å²) in [6, 6.07) is 15.0. The van der Waals surface area contributed by atoms with E-state index in [0.29, 0.717) is 13.0 Å². The number of carbonyl (C=O) groups excluding carboxylic acids is 2. The molecule has 2 aromatic carbocycles. The molecule has 0 aromatic heterocycles. The number of alkyl carbamates (subject to hydrolysis) is 1. The van der Waals surface area contributed by atoms with E-state index < -0.39 is 24.1 Å². The van der Waals surface area contributed by atoms with Crippen LogP contribution in [-0.2, 0) is 14.3 Å². The Morgan fingerprint density at radius 3 is 2.20 bits per heavy atom. The number of aliphatic carboxylic acids is 1. The number of hydrogen-bond acceptors (Lipinski definition) is 4. The van der Waals surface area contributed by atoms with Crippen molar-refractivity contribution in [3.63, 3.8) is 0 Å². The van der Waals surface area contributed by atoms with Crippen LogP contribution in [0.1, 0.15) is 57.1 Å². The van der Waals surface area contributed by atoms with E-state index in [0.717, 1.165) is 28.7 Å². The van der Waals surface area contributed by atoms with Crippen LogP contribution in [0.3, 0.4) is 0 Å². The molecule has 1 saturated heterocycles. The Kier molecular flexibility index (Phi) is 7.43. The Morgan fingerprint density at radius 2 is 1.63 bits per heavy atom. The van der Waals surface area contributed by atoms with Crippen molar-refractivity contribution >= 4 is 18.0 Å². The van der Waals surface area contributed by atoms with Crippen molar-refractivity contribution < 1.29 is 24.2 Å². The van der Waals surface area contributed by atoms with E-state index >= 15 is 0 Å². The third-order valence-electron chi connectivity index (χ3n) is 7.27. The van der Waals surface area contributed by atoms with Gasteiger partial charge in [-0.05, 0) is 46.9 Å². The zero-order valence-electron chi connectivity index (χ0n) is 20.6. The van der Waals surface area contributed by atoms with Gasteiger partial charge in [0, 0.05) is 24.9 Å². The SMILES string of the molecule is CC1CCC(C(=O)O)N(C(=O)C[C@H](NC(=O)OCC2c3ccccc3-c3ccccc32)C(C)C)C1. The largest absolute Gasteiger partial charge is 0.480 e. The molecule has 2 unspecified atom stereocenters. The molecule has 0 radical (unpaired) electrons. The number of benzene rings is 2. The van der Waals surface area contributed by atoms with Crippen LogP contribution in [0.4, 0.5) is 4.79 Å². The average molecular weight is 479 g/mol. The molecule has 1 aliphatic carbocycles. The van der Waals surface area contributed by atoms with Gasteiger partial charge in [-0.1, -0.05) is 69.3 Å². The van der Waals surface area contributed by atoms with Crippen molar-refractivity contribution in [1.29, 1.82) is 0 Å². The highest BCUT2D eigenvalue weighted by Crippen LogP contribution is 2.44. The van der Waals surface area contributed by atoms with E-state index in [2.05, 4.69) is 29.6 Å². The second kappa shape index (κ2) is 10.5. The van der Waals surface area contributed by atoms with E-state index in [9.17, 15) is 19.5 Å². The second-order valence-corrected chi connectivity index (χ2v) is 10.1. The highest BCUT2D eigenvalue weighted by atomic mass is 16.5. The number of carboxylic acids is 1. The van der Waals surface area contributed by atoms with E-state index in [4.69, 9.17) is 4.74 Å². The van der Waals surface area contributed by atoms with E-state index in [1.54, 1.807) is 0 Å². The molecule has 1 fully saturated rings. The van der Waals surface area contributed by atoms with E-state index in [1.807, 2.05) is 45.0 Å². The minimum Gasteiger partial charge on any atom is -0.480 e. The van der Waals surface area contributed by atoms with Crippen LogP contribution in [0.2, 0.25) is 0 Å². The molecule has 0 bridgehead atoms. The first kappa shape index (κ1) is 24.8. The summed E-state index contributed by atoms with van der Waals surface area (Å²) in [5.74, 6) is -1.04. The van der Waals surface area contributed by atoms with Gasteiger partial charge >= 0.3 is 12.1 Å². The standard InChI is InChI=1S/C28H34N2O5/c1-17(2)24(14-26(31)30-15-18(3)12-13-25(30)27(32)33)29-28(34)35-16-23-21-10-6-4-8-19(21)20-9-5-7-11-22(20)23/h4-11,17-18,23-25H,12-16H2,1-3H3,(H,29,34)(H,32,33)/t18?,24-,25?/m0/s1. The molecule has 2 aromatic rings. The van der Waals surface area contributed by atoms with Gasteiger partial charge in [-0.25, -0.2) is 9.59 Å². The van der Waals surface area contributed by atoms with Gasteiger partial charge in [0.1, 0.15) is 12.6 Å². The fourth-order valence-electron chi connectivity index (χ4n) is 5.24. The molecule has 3 atom stereocenters. The summed E-state index contributed by atoms with van der Waals surface area (Å²) in [6.45, 7) is 6.49. The lowest BCUT2D eigenvalue weighted by atomic mass is 9.92. The highest BCUT2D eigenvalue weighted by Gasteiger charge is 2.36. The molecular formula is C28H34N2O5. The number of fused-ring (bicyclic) bond motifs is 3. The zero-order chi connectivity index (χ0) is 25.1. The molecule has 7 heteroatoms. The number of hydrogen-bond donors (Lipinski definition) is 2. The van der Waals surface area contributed by atoms with Crippen molar-refractivity contribution in [2.45, 2.75) is 58.0 Å². The van der Waals surface area contributed by atoms with Gasteiger partial charge in [-0.3, -0.25) is 4.79 Å². The first-order valence-corrected chi connectivity index (χ1v) is 12.4. The number of amides is 2. The summed E-state index contributed by atoms with van der Waals surface area (Å²) in [4.78, 5) is 39.0. The van der Waals surface area contributed by atoms with Gasteiger partial charge in [0.2, 0.25) is 5.91 Å². The summed E-state index contributed by atoms with van der Waals surface area (Å²) >= 11 is 0. The molecule has 2 aliphatic rings. The summed E-state index contributed by atoms with van der Waals surface area (Å²) in [5.41, 5.74) is 4.59. The number of ether oxygens (including phenoxy) is 1. The van der Waals surface area contributed by atoms with Crippen LogP contribution in [0.15, 0.2) is 48.5 Å². The molecular weight excluding hydrogens is 444 g/mol. The van der Waals surface area contributed by atoms with Gasteiger partial charge in [-0.2, -0.15) is 0 Å². The monoisotopic (exact) mass is 478 g/mol. The maximum atomic E-state index is 13.1. The smallest absolute Gasteiger partial charge is 0.407 e. The van der Waals surface area contributed by atoms with Crippen molar-refractivity contribution in [1.82, 2.24) is 10.2 Å². The predicted molar refractivity (Wildman–Crippen MR) is 133 cm³/mol. The summed E-state index contributed by atoms with van der Waals surface area (Å²) < 4.78 is 5.65. The first-order valence-electron chi connectivity index (χ1n) is 12.4. The maximum Gasteiger partial charge on any atom is 0.407 e. The van der Waals surface area contributed by atoms with Gasteiger partial charge in [-0.15, -0.1) is 0 Å². The Hall–Kier alpha value is -3.35. The minimum absolute atomic E-state index is 0.0232. The third kappa shape index (κ3) is 5.34. The van der Waals surface area contributed by atoms with Crippen molar-refractivity contribution in [3.8, 4) is 11.1 Å². The Bertz CT molecular complexity index is 1050. The number of carbonyl (C=O) groups is 3. The molecule has 7 nitrogen and oxygen atoms in total. The topological polar surface area (TPSA) is 95.9 Å². The molecule has 4 rings (SSSR count). The zero-order valence-corrected chi connectivity index (χ0v) is 20.6. The highest BCUT2D eigenvalue weighted by molar-refractivity contribution is 5.84. The molecule has 0 saturated carbocycles. The van der Waals surface area contributed by atoms with E-state index in [-0.39, 0.29) is 36.7 Å². The first-order chi connectivity index (χ1) is 16.8. The van der Waals surface area contributed by atoms with Crippen molar-refractivity contribution in [2.24, 2.45) is 11.8 Å². The van der Waals surface area contributed by atoms with Crippen molar-refractivity contribution in [3.05, 3.63) is 59.7 Å². The number of likely N-dealkylation sites (tertiary alicyclic amines) is 1. The fraction of sp³-hybridized carbons (Fsp3) is 0.464. The lowest BCUT2D eigenvalue weighted by molar-refractivity contribution is -0.153. The minimum atomic E-state index is -0.976. The molecule has 186 valence electrons. The summed E-state index contributed by atoms with van der Waals surface area (Å²) in [7, 11) is 0. The number of rotatable bonds is 7. The Labute approximate surface area is 206 Å². The van der Waals surface area contributed by atoms with Crippen molar-refractivity contribution in [2.75, 3.05) is 13.2 Å². The van der Waals surface area contributed by atoms with Crippen LogP contribution in [-0.4, -0.2) is 53.2 Å². The maximum absolute atomic E-state index is 13.1. The van der Waals surface area contributed by atoms with Gasteiger partial charge < -0.3 is 20.1 Å². The molecule has 2 amide bonds. The quantitative estimate of drug-likeness (QED) is 0.604. The lowest BCUT2D eigenvalue weighted by Crippen LogP contribution is -2.52. The molecule has 35 heavy (non-hydrogen) atoms. The normalized spacial score (nSPS) is 20.2. The van der Waals surface area contributed by atoms with Gasteiger partial charge in [0.15, 0.2) is 0 Å². The van der Waals surface area contributed by atoms with Crippen LogP contribution in [0.5, 0.6) is 0 Å². The van der Waals surface area contributed by atoms with Crippen LogP contribution in [0.25, 0.3) is 11.1 Å². The Balaban J connectivity index is 1.39. The average Bonchev–Trinajstić information content (AvgIpc) is 3.15. The number of piperidine rings is 1. The number of nitrogens with one attached hydrogen (secondary N) is 1. The van der Waals surface area contributed by atoms with Gasteiger partial charge in [0.25, 0.3) is 0 Å². The predicted octanol–water partition coefficient (Wildman–Crippen LogP) is 4.65. The second-order valence-electron chi connectivity index (χ2n) is 10.1. The van der Waals surface area contributed by atoms with Gasteiger partial charge in [0.05, 0.1) is 0 Å². The number of nitrogens with zero attached hydrogens (tertiary/aromatic N) is 1. The van der Waals surface area contributed by atoms with Crippen LogP contribution < -0.4 is 5.32 Å². The lowest BCUT2D eigenvalue weighted by Gasteiger charge is -2.37. The Morgan fingerprint density at radius 1 is 1.03 bits per heavy atom. The summed E-state index contributed by atoms with van der Waals surface area (Å²) in [6.07, 6.45) is 0.708. The molecule has 1 heterocycles. The third-order valence-corrected chi connectivity index (χ3v) is 7.27. The molecule has 1 aliphatic heterocycles. The molecule has 0 spiro atoms. The fourth-order valence-corrected chi connectivity index (χ4v) is 5.24. The number of carboxylic acid groups (broad SMARTS) is 1.